The zero-order chi connectivity index (χ0) is 65.9. The van der Waals surface area contributed by atoms with E-state index in [-0.39, 0.29) is 64.2 Å². The SMILES string of the molecule is NCCCCC(N)C(=O)NC(CCCN=C(N)N)C(=O)N1CCCC1C(=O)N1CCCC1C(=O)NCC(=O)NC(Cc1ccccc1)C(=O)NC(CO)C(=O)N1CCCC1C(=O)NC(Cc1ccccc1)C(=O)O.O=C(O)C(F)(F)F.O=C(O)C(F)(F)F. The Hall–Kier alpha value is -8.66. The lowest BCUT2D eigenvalue weighted by molar-refractivity contribution is -0.193. The Bertz CT molecular complexity index is 2710. The Balaban J connectivity index is 0.00000129. The van der Waals surface area contributed by atoms with Crippen LogP contribution in [0.5, 0.6) is 0 Å². The van der Waals surface area contributed by atoms with Crippen LogP contribution in [0.15, 0.2) is 65.7 Å². The molecule has 2 aromatic carbocycles. The van der Waals surface area contributed by atoms with Crippen molar-refractivity contribution < 1.29 is 99.5 Å². The molecule has 28 nitrogen and oxygen atoms in total. The molecule has 8 amide bonds. The summed E-state index contributed by atoms with van der Waals surface area (Å²) in [6.45, 7) is -0.293. The van der Waals surface area contributed by atoms with Gasteiger partial charge in [-0.05, 0) is 81.9 Å². The smallest absolute Gasteiger partial charge is 0.480 e. The molecule has 0 aliphatic carbocycles. The summed E-state index contributed by atoms with van der Waals surface area (Å²) in [4.78, 5) is 148. The first-order chi connectivity index (χ1) is 41.4. The topological polar surface area (TPSA) is 455 Å². The summed E-state index contributed by atoms with van der Waals surface area (Å²) in [6, 6.07) is 8.31. The third-order valence-corrected chi connectivity index (χ3v) is 13.9. The van der Waals surface area contributed by atoms with Gasteiger partial charge in [-0.25, -0.2) is 14.4 Å². The highest BCUT2D eigenvalue weighted by Gasteiger charge is 2.45. The average molecular weight is 1260 g/mol. The fraction of sp³-hybridized carbons (Fsp3) is 0.556. The van der Waals surface area contributed by atoms with Crippen molar-refractivity contribution in [2.45, 2.75) is 144 Å². The number of likely N-dealkylation sites (tertiary alicyclic amines) is 3. The van der Waals surface area contributed by atoms with Gasteiger partial charge in [-0.15, -0.1) is 0 Å². The molecule has 0 radical (unpaired) electrons. The van der Waals surface area contributed by atoms with E-state index < -0.39 is 139 Å². The van der Waals surface area contributed by atoms with Crippen molar-refractivity contribution in [3.05, 3.63) is 71.8 Å². The molecule has 0 spiro atoms. The largest absolute Gasteiger partial charge is 0.490 e. The maximum absolute atomic E-state index is 14.2. The van der Waals surface area contributed by atoms with Crippen LogP contribution < -0.4 is 49.5 Å². The standard InChI is InChI=1S/C50H73N13O11.2C2HF3O2/c51-22-8-7-17-33(52)42(66)58-34(18-9-23-55-50(53)54)46(70)63-26-12-21-40(63)48(72)62-25-10-19-38(62)44(68)56-29-41(65)57-35(27-31-13-3-1-4-14-31)43(67)60-37(30-64)47(71)61-24-11-20-39(61)45(69)59-36(49(73)74)28-32-15-5-2-6-16-32;2*3-2(4,5)1(6)7/h1-6,13-16,33-40,64H,7-12,17-30,51-52H2,(H,56,68)(H,57,65)(H,58,66)(H,59,69)(H,60,67)(H,73,74)(H4,53,54,55);2*(H,6,7). The number of aliphatic hydroxyl groups excluding tert-OH is 1. The first-order valence-corrected chi connectivity index (χ1v) is 27.8. The molecule has 0 saturated carbocycles. The minimum atomic E-state index is -5.08. The van der Waals surface area contributed by atoms with Crippen molar-refractivity contribution in [2.75, 3.05) is 45.9 Å². The molecule has 8 atom stereocenters. The van der Waals surface area contributed by atoms with Gasteiger partial charge in [-0.1, -0.05) is 67.1 Å². The van der Waals surface area contributed by atoms with E-state index in [4.69, 9.17) is 42.7 Å². The van der Waals surface area contributed by atoms with Crippen LogP contribution in [0.3, 0.4) is 0 Å². The number of carboxylic acids is 3. The number of amides is 8. The Labute approximate surface area is 500 Å². The van der Waals surface area contributed by atoms with E-state index in [1.165, 1.54) is 14.7 Å². The number of aliphatic hydroxyl groups is 1. The third-order valence-electron chi connectivity index (χ3n) is 13.9. The fourth-order valence-corrected chi connectivity index (χ4v) is 9.53. The number of nitrogens with two attached hydrogens (primary N) is 4. The van der Waals surface area contributed by atoms with E-state index in [0.29, 0.717) is 69.0 Å². The number of hydrogen-bond acceptors (Lipinski definition) is 15. The quantitative estimate of drug-likeness (QED) is 0.0206. The van der Waals surface area contributed by atoms with Crippen molar-refractivity contribution in [3.8, 4) is 0 Å². The second kappa shape index (κ2) is 35.8. The minimum absolute atomic E-state index is 0.00123. The minimum Gasteiger partial charge on any atom is -0.480 e. The summed E-state index contributed by atoms with van der Waals surface area (Å²) in [6.07, 6.45) is -5.92. The molecule has 17 N–H and O–H groups in total. The highest BCUT2D eigenvalue weighted by Crippen LogP contribution is 2.27. The number of hydrogen-bond donors (Lipinski definition) is 13. The molecule has 5 rings (SSSR count). The highest BCUT2D eigenvalue weighted by atomic mass is 19.4. The van der Waals surface area contributed by atoms with E-state index in [1.54, 1.807) is 60.7 Å². The van der Waals surface area contributed by atoms with E-state index in [2.05, 4.69) is 31.6 Å². The summed E-state index contributed by atoms with van der Waals surface area (Å²) < 4.78 is 63.5. The van der Waals surface area contributed by atoms with E-state index in [9.17, 15) is 79.7 Å². The second-order valence-electron chi connectivity index (χ2n) is 20.4. The van der Waals surface area contributed by atoms with Gasteiger partial charge in [-0.2, -0.15) is 26.3 Å². The van der Waals surface area contributed by atoms with E-state index in [0.717, 1.165) is 0 Å². The lowest BCUT2D eigenvalue weighted by Crippen LogP contribution is -2.59. The summed E-state index contributed by atoms with van der Waals surface area (Å²) in [7, 11) is 0. The number of guanidine groups is 1. The Morgan fingerprint density at radius 2 is 1.05 bits per heavy atom. The van der Waals surface area contributed by atoms with Gasteiger partial charge < -0.3 is 84.6 Å². The van der Waals surface area contributed by atoms with Gasteiger partial charge in [0.25, 0.3) is 0 Å². The molecule has 3 saturated heterocycles. The normalized spacial score (nSPS) is 18.0. The number of unbranched alkanes of at least 4 members (excludes halogenated alkanes) is 1. The lowest BCUT2D eigenvalue weighted by atomic mass is 10.0. The van der Waals surface area contributed by atoms with Gasteiger partial charge in [0, 0.05) is 39.0 Å². The number of nitrogens with zero attached hydrogens (tertiary/aromatic N) is 4. The number of carboxylic acid groups (broad SMARTS) is 3. The predicted octanol–water partition coefficient (Wildman–Crippen LogP) is -1.65. The number of nitrogens with one attached hydrogen (secondary N) is 5. The number of aliphatic imine (C=N–C) groups is 1. The summed E-state index contributed by atoms with van der Waals surface area (Å²) in [5.41, 5.74) is 24.0. The van der Waals surface area contributed by atoms with Gasteiger partial charge in [-0.3, -0.25) is 43.3 Å². The zero-order valence-electron chi connectivity index (χ0n) is 47.7. The molecule has 88 heavy (non-hydrogen) atoms. The van der Waals surface area contributed by atoms with Gasteiger partial charge in [0.2, 0.25) is 47.3 Å². The molecule has 0 aromatic heterocycles. The van der Waals surface area contributed by atoms with E-state index >= 15 is 0 Å². The van der Waals surface area contributed by atoms with Gasteiger partial charge in [0.1, 0.15) is 42.3 Å². The van der Waals surface area contributed by atoms with Crippen molar-refractivity contribution in [3.63, 3.8) is 0 Å². The van der Waals surface area contributed by atoms with Crippen molar-refractivity contribution in [2.24, 2.45) is 27.9 Å². The van der Waals surface area contributed by atoms with Crippen LogP contribution in [0, 0.1) is 0 Å². The Morgan fingerprint density at radius 1 is 0.580 bits per heavy atom. The molecular formula is C54H75F6N13O15. The molecule has 3 aliphatic rings. The van der Waals surface area contributed by atoms with Crippen LogP contribution >= 0.6 is 0 Å². The number of aliphatic carboxylic acids is 3. The molecule has 8 unspecified atom stereocenters. The van der Waals surface area contributed by atoms with E-state index in [1.807, 2.05) is 0 Å². The van der Waals surface area contributed by atoms with Crippen LogP contribution in [0.25, 0.3) is 0 Å². The number of alkyl halides is 6. The van der Waals surface area contributed by atoms with Gasteiger partial charge >= 0.3 is 30.3 Å². The summed E-state index contributed by atoms with van der Waals surface area (Å²) >= 11 is 0. The first-order valence-electron chi connectivity index (χ1n) is 27.8. The molecule has 488 valence electrons. The Kier molecular flexibility index (Phi) is 30.0. The number of carbonyl (C=O) groups is 11. The molecule has 3 heterocycles. The molecule has 0 bridgehead atoms. The molecule has 2 aromatic rings. The highest BCUT2D eigenvalue weighted by molar-refractivity contribution is 5.98. The van der Waals surface area contributed by atoms with Crippen LogP contribution in [0.4, 0.5) is 26.3 Å². The van der Waals surface area contributed by atoms with Crippen LogP contribution in [0.2, 0.25) is 0 Å². The van der Waals surface area contributed by atoms with Crippen molar-refractivity contribution >= 4 is 71.1 Å². The molecule has 3 aliphatic heterocycles. The van der Waals surface area contributed by atoms with Crippen molar-refractivity contribution in [1.29, 1.82) is 0 Å². The monoisotopic (exact) mass is 1260 g/mol. The zero-order valence-corrected chi connectivity index (χ0v) is 47.7. The fourth-order valence-electron chi connectivity index (χ4n) is 9.53. The third kappa shape index (κ3) is 24.2. The lowest BCUT2D eigenvalue weighted by Gasteiger charge is -2.33. The van der Waals surface area contributed by atoms with Crippen molar-refractivity contribution in [1.82, 2.24) is 41.3 Å². The molecule has 3 fully saturated rings. The Morgan fingerprint density at radius 3 is 1.53 bits per heavy atom. The predicted molar refractivity (Wildman–Crippen MR) is 298 cm³/mol. The van der Waals surface area contributed by atoms with Gasteiger partial charge in [0.05, 0.1) is 19.2 Å². The summed E-state index contributed by atoms with van der Waals surface area (Å²) in [5.74, 6) is -12.1. The number of benzene rings is 2. The molecule has 34 heteroatoms. The molecular weight excluding hydrogens is 1180 g/mol. The second-order valence-corrected chi connectivity index (χ2v) is 20.4. The first kappa shape index (κ1) is 73.6. The summed E-state index contributed by atoms with van der Waals surface area (Å²) in [5, 5.41) is 47.5. The average Bonchev–Trinajstić information content (AvgIpc) is 2.03. The maximum atomic E-state index is 14.2. The van der Waals surface area contributed by atoms with Crippen LogP contribution in [-0.4, -0.2) is 213 Å². The van der Waals surface area contributed by atoms with Gasteiger partial charge in [0.15, 0.2) is 5.96 Å². The van der Waals surface area contributed by atoms with Crippen LogP contribution in [0.1, 0.15) is 81.8 Å². The number of rotatable bonds is 27. The number of carbonyl (C=O) groups excluding carboxylic acids is 8. The van der Waals surface area contributed by atoms with Crippen LogP contribution in [-0.2, 0) is 65.6 Å². The number of halogens is 6. The maximum Gasteiger partial charge on any atom is 0.490 e.